The number of urea groups is 1. The van der Waals surface area contributed by atoms with Crippen LogP contribution in [0.3, 0.4) is 0 Å². The SMILES string of the molecule is C[C@@H]1C(=O)N[C@@H](Cc2cnc[nH]2)C(=O)N[C@H](Cc2ccccc2)C(=O)N[C@@H](CCCNC(=N)N)C(=O)N[C@@H](Cc2c[nH]c3ccccc23)C(=O)NC(C(N)=O)CNC(=O)C[C@H]2CN1C(=O)N2. The number of imidazole rings is 1. The van der Waals surface area contributed by atoms with Crippen molar-refractivity contribution in [3.05, 3.63) is 90.1 Å². The number of fused-ring (bicyclic) bond motifs is 3. The van der Waals surface area contributed by atoms with Gasteiger partial charge < -0.3 is 68.9 Å². The van der Waals surface area contributed by atoms with Gasteiger partial charge in [-0.2, -0.15) is 0 Å². The lowest BCUT2D eigenvalue weighted by molar-refractivity contribution is -0.135. The predicted molar refractivity (Wildman–Crippen MR) is 239 cm³/mol. The number of carbonyl (C=O) groups is 8. The number of nitrogens with one attached hydrogen (secondary N) is 11. The highest BCUT2D eigenvalue weighted by atomic mass is 16.2. The average molecular weight is 910 g/mol. The summed E-state index contributed by atoms with van der Waals surface area (Å²) in [4.78, 5) is 122. The molecule has 0 radical (unpaired) electrons. The van der Waals surface area contributed by atoms with Crippen molar-refractivity contribution in [1.82, 2.24) is 62.4 Å². The van der Waals surface area contributed by atoms with E-state index in [2.05, 4.69) is 57.5 Å². The number of carbonyl (C=O) groups excluding carboxylic acids is 8. The van der Waals surface area contributed by atoms with Crippen molar-refractivity contribution >= 4 is 64.2 Å². The number of hydrogen-bond donors (Lipinski definition) is 13. The first kappa shape index (κ1) is 47.5. The van der Waals surface area contributed by atoms with Crippen LogP contribution in [0, 0.1) is 5.41 Å². The van der Waals surface area contributed by atoms with Crippen molar-refractivity contribution in [3.63, 3.8) is 0 Å². The van der Waals surface area contributed by atoms with E-state index in [0.29, 0.717) is 16.8 Å². The number of nitrogens with two attached hydrogens (primary N) is 2. The summed E-state index contributed by atoms with van der Waals surface area (Å²) in [7, 11) is 0. The number of benzene rings is 2. The largest absolute Gasteiger partial charge is 0.370 e. The second kappa shape index (κ2) is 22.1. The third-order valence-electron chi connectivity index (χ3n) is 11.3. The highest BCUT2D eigenvalue weighted by Gasteiger charge is 2.38. The molecule has 350 valence electrons. The van der Waals surface area contributed by atoms with Crippen LogP contribution >= 0.6 is 0 Å². The Morgan fingerprint density at radius 2 is 1.41 bits per heavy atom. The molecule has 2 aliphatic heterocycles. The Kier molecular flexibility index (Phi) is 15.9. The van der Waals surface area contributed by atoms with Crippen molar-refractivity contribution in [2.45, 2.75) is 87.7 Å². The number of aromatic nitrogens is 3. The molecule has 2 aromatic carbocycles. The summed E-state index contributed by atoms with van der Waals surface area (Å²) in [5.41, 5.74) is 13.7. The molecule has 23 nitrogen and oxygen atoms in total. The molecule has 1 unspecified atom stereocenters. The van der Waals surface area contributed by atoms with Crippen molar-refractivity contribution in [1.29, 1.82) is 5.41 Å². The van der Waals surface area contributed by atoms with Crippen LogP contribution in [0.5, 0.6) is 0 Å². The number of guanidine groups is 1. The summed E-state index contributed by atoms with van der Waals surface area (Å²) in [6, 6.07) is 6.70. The standard InChI is InChI=1S/C43H55N15O8/c1-23-37(61)54-33(16-26-19-47-22-51-26)41(65)55-31(14-24-8-3-2-4-9-24)39(63)53-30(12-7-13-48-42(45)46)38(62)56-32(15-25-18-49-29-11-6-5-10-28(25)29)40(64)57-34(36(44)60)20-50-35(59)17-27-21-58(23)43(66)52-27/h2-6,8-11,18-19,22-23,27,30-34,49H,7,12-17,20-21H2,1H3,(H2,44,60)(H,47,51)(H,50,59)(H,52,66)(H,53,63)(H,54,61)(H,55,65)(H,56,62)(H,57,64)(H4,45,46,48)/t23-,27+,30+,31-,32+,33+,34?/m1/s1. The lowest BCUT2D eigenvalue weighted by atomic mass is 10.0. The summed E-state index contributed by atoms with van der Waals surface area (Å²) in [6.07, 6.45) is 4.17. The monoisotopic (exact) mass is 909 g/mol. The normalized spacial score (nSPS) is 23.9. The Balaban J connectivity index is 1.36. The van der Waals surface area contributed by atoms with E-state index in [-0.39, 0.29) is 57.6 Å². The van der Waals surface area contributed by atoms with E-state index in [1.165, 1.54) is 24.3 Å². The van der Waals surface area contributed by atoms with E-state index < -0.39 is 96.2 Å². The molecular weight excluding hydrogens is 855 g/mol. The first-order valence-corrected chi connectivity index (χ1v) is 21.4. The number of para-hydroxylation sites is 1. The first-order chi connectivity index (χ1) is 31.6. The zero-order valence-electron chi connectivity index (χ0n) is 36.1. The Labute approximate surface area is 378 Å². The predicted octanol–water partition coefficient (Wildman–Crippen LogP) is -2.61. The second-order valence-corrected chi connectivity index (χ2v) is 16.2. The van der Waals surface area contributed by atoms with Crippen LogP contribution < -0.4 is 54.0 Å². The third kappa shape index (κ3) is 12.8. The van der Waals surface area contributed by atoms with E-state index in [9.17, 15) is 38.4 Å². The highest BCUT2D eigenvalue weighted by Crippen LogP contribution is 2.20. The maximum atomic E-state index is 14.5. The minimum atomic E-state index is -1.45. The van der Waals surface area contributed by atoms with Crippen molar-refractivity contribution < 1.29 is 38.4 Å². The summed E-state index contributed by atoms with van der Waals surface area (Å²) < 4.78 is 0. The molecule has 6 rings (SSSR count). The Hall–Kier alpha value is -7.98. The van der Waals surface area contributed by atoms with Gasteiger partial charge in [-0.25, -0.2) is 9.78 Å². The molecule has 9 amide bonds. The van der Waals surface area contributed by atoms with E-state index >= 15 is 0 Å². The fourth-order valence-electron chi connectivity index (χ4n) is 7.74. The van der Waals surface area contributed by atoms with Gasteiger partial charge in [-0.3, -0.25) is 39.0 Å². The van der Waals surface area contributed by atoms with Gasteiger partial charge in [0.1, 0.15) is 36.3 Å². The third-order valence-corrected chi connectivity index (χ3v) is 11.3. The maximum Gasteiger partial charge on any atom is 0.318 e. The summed E-state index contributed by atoms with van der Waals surface area (Å²) >= 11 is 0. The van der Waals surface area contributed by atoms with Gasteiger partial charge >= 0.3 is 6.03 Å². The van der Waals surface area contributed by atoms with Gasteiger partial charge in [0, 0.05) is 74.3 Å². The van der Waals surface area contributed by atoms with Crippen LogP contribution in [0.1, 0.15) is 43.0 Å². The number of aromatic amines is 2. The number of hydrogen-bond acceptors (Lipinski definition) is 10. The minimum absolute atomic E-state index is 0.0390. The molecule has 4 aromatic rings. The molecule has 2 aromatic heterocycles. The Morgan fingerprint density at radius 3 is 2.11 bits per heavy atom. The smallest absolute Gasteiger partial charge is 0.318 e. The van der Waals surface area contributed by atoms with E-state index in [1.54, 1.807) is 42.6 Å². The molecule has 2 aliphatic rings. The molecule has 0 saturated carbocycles. The fourth-order valence-corrected chi connectivity index (χ4v) is 7.74. The Bertz CT molecular complexity index is 2410. The van der Waals surface area contributed by atoms with Crippen molar-refractivity contribution in [2.24, 2.45) is 11.5 Å². The molecule has 2 bridgehead atoms. The molecule has 2 fully saturated rings. The quantitative estimate of drug-likeness (QED) is 0.0420. The topological polar surface area (TPSA) is 356 Å². The lowest BCUT2D eigenvalue weighted by Crippen LogP contribution is -2.61. The van der Waals surface area contributed by atoms with Crippen LogP contribution in [0.4, 0.5) is 4.79 Å². The van der Waals surface area contributed by atoms with E-state index in [1.807, 2.05) is 18.2 Å². The average Bonchev–Trinajstić information content (AvgIpc) is 4.05. The summed E-state index contributed by atoms with van der Waals surface area (Å²) in [5, 5.41) is 29.7. The number of rotatable bonds is 11. The van der Waals surface area contributed by atoms with Crippen LogP contribution in [-0.2, 0) is 52.8 Å². The van der Waals surface area contributed by atoms with Gasteiger partial charge in [0.15, 0.2) is 5.96 Å². The van der Waals surface area contributed by atoms with Gasteiger partial charge in [-0.15, -0.1) is 0 Å². The van der Waals surface area contributed by atoms with Crippen LogP contribution in [0.15, 0.2) is 73.3 Å². The number of H-pyrrole nitrogens is 2. The van der Waals surface area contributed by atoms with Crippen LogP contribution in [0.2, 0.25) is 0 Å². The molecule has 4 heterocycles. The molecular formula is C43H55N15O8. The van der Waals surface area contributed by atoms with Gasteiger partial charge in [0.25, 0.3) is 0 Å². The summed E-state index contributed by atoms with van der Waals surface area (Å²) in [6.45, 7) is 1.07. The molecule has 2 saturated heterocycles. The summed E-state index contributed by atoms with van der Waals surface area (Å²) in [5.74, 6) is -5.83. The number of amides is 9. The fraction of sp³-hybridized carbons (Fsp3) is 0.395. The van der Waals surface area contributed by atoms with Crippen molar-refractivity contribution in [3.8, 4) is 0 Å². The van der Waals surface area contributed by atoms with E-state index in [0.717, 1.165) is 10.9 Å². The minimum Gasteiger partial charge on any atom is -0.370 e. The molecule has 0 spiro atoms. The van der Waals surface area contributed by atoms with Crippen LogP contribution in [-0.4, -0.2) is 135 Å². The molecule has 66 heavy (non-hydrogen) atoms. The zero-order chi connectivity index (χ0) is 47.3. The van der Waals surface area contributed by atoms with Crippen LogP contribution in [0.25, 0.3) is 10.9 Å². The number of primary amides is 1. The maximum absolute atomic E-state index is 14.5. The second-order valence-electron chi connectivity index (χ2n) is 16.2. The van der Waals surface area contributed by atoms with Gasteiger partial charge in [-0.1, -0.05) is 48.5 Å². The Morgan fingerprint density at radius 1 is 0.773 bits per heavy atom. The highest BCUT2D eigenvalue weighted by molar-refractivity contribution is 5.98. The first-order valence-electron chi connectivity index (χ1n) is 21.4. The number of nitrogens with zero attached hydrogens (tertiary/aromatic N) is 2. The van der Waals surface area contributed by atoms with Gasteiger partial charge in [-0.05, 0) is 37.0 Å². The molecule has 23 heteroatoms. The molecule has 15 N–H and O–H groups in total. The molecule has 7 atom stereocenters. The molecule has 0 aliphatic carbocycles. The van der Waals surface area contributed by atoms with Gasteiger partial charge in [0.2, 0.25) is 41.4 Å². The zero-order valence-corrected chi connectivity index (χ0v) is 36.1. The van der Waals surface area contributed by atoms with E-state index in [4.69, 9.17) is 16.9 Å². The lowest BCUT2D eigenvalue weighted by Gasteiger charge is -2.28. The van der Waals surface area contributed by atoms with Gasteiger partial charge in [0.05, 0.1) is 12.4 Å². The van der Waals surface area contributed by atoms with Crippen molar-refractivity contribution in [2.75, 3.05) is 19.6 Å².